The quantitative estimate of drug-likeness (QED) is 0.404. The predicted molar refractivity (Wildman–Crippen MR) is 133 cm³/mol. The van der Waals surface area contributed by atoms with E-state index in [0.717, 1.165) is 67.5 Å². The molecule has 0 N–H and O–H groups in total. The van der Waals surface area contributed by atoms with Crippen molar-refractivity contribution in [2.75, 3.05) is 50.5 Å². The van der Waals surface area contributed by atoms with Crippen molar-refractivity contribution < 1.29 is 4.74 Å². The zero-order chi connectivity index (χ0) is 23.4. The molecule has 0 aromatic carbocycles. The van der Waals surface area contributed by atoms with Crippen LogP contribution < -0.4 is 4.90 Å². The highest BCUT2D eigenvalue weighted by Crippen LogP contribution is 2.37. The van der Waals surface area contributed by atoms with Gasteiger partial charge in [0.25, 0.3) is 0 Å². The smallest absolute Gasteiger partial charge is 0.191 e. The van der Waals surface area contributed by atoms with Gasteiger partial charge >= 0.3 is 0 Å². The second kappa shape index (κ2) is 10.7. The van der Waals surface area contributed by atoms with E-state index < -0.39 is 0 Å². The van der Waals surface area contributed by atoms with Crippen LogP contribution in [0.1, 0.15) is 69.7 Å². The van der Waals surface area contributed by atoms with E-state index in [9.17, 15) is 0 Å². The lowest BCUT2D eigenvalue weighted by Gasteiger charge is -2.36. The average Bonchev–Trinajstić information content (AvgIpc) is 3.09. The molecular weight excluding hydrogens is 434 g/mol. The summed E-state index contributed by atoms with van der Waals surface area (Å²) in [7, 11) is 3.69. The number of aromatic nitrogens is 5. The van der Waals surface area contributed by atoms with Crippen molar-refractivity contribution in [3.8, 4) is 0 Å². The summed E-state index contributed by atoms with van der Waals surface area (Å²) in [6.07, 6.45) is 5.02. The molecule has 33 heavy (non-hydrogen) atoms. The molecule has 182 valence electrons. The minimum absolute atomic E-state index is 0.0267. The molecule has 0 atom stereocenters. The first kappa shape index (κ1) is 24.4. The summed E-state index contributed by atoms with van der Waals surface area (Å²) in [5.41, 5.74) is 1.23. The van der Waals surface area contributed by atoms with Gasteiger partial charge in [0.05, 0.1) is 0 Å². The van der Waals surface area contributed by atoms with Gasteiger partial charge in [-0.25, -0.2) is 9.97 Å². The van der Waals surface area contributed by atoms with Crippen LogP contribution in [0.15, 0.2) is 11.2 Å². The van der Waals surface area contributed by atoms with Gasteiger partial charge in [-0.2, -0.15) is 0 Å². The molecule has 1 aliphatic heterocycles. The largest absolute Gasteiger partial charge is 0.377 e. The van der Waals surface area contributed by atoms with Gasteiger partial charge in [0.15, 0.2) is 11.0 Å². The highest BCUT2D eigenvalue weighted by atomic mass is 32.2. The summed E-state index contributed by atoms with van der Waals surface area (Å²) in [6.45, 7) is 12.5. The Kier molecular flexibility index (Phi) is 7.91. The number of hydrogen-bond donors (Lipinski definition) is 0. The van der Waals surface area contributed by atoms with Crippen molar-refractivity contribution in [2.24, 2.45) is 7.05 Å². The third-order valence-corrected chi connectivity index (χ3v) is 7.78. The van der Waals surface area contributed by atoms with Gasteiger partial charge < -0.3 is 14.2 Å². The minimum Gasteiger partial charge on any atom is -0.377 e. The van der Waals surface area contributed by atoms with Crippen LogP contribution in [0, 0.1) is 0 Å². The number of ether oxygens (including phenoxy) is 1. The first-order valence-electron chi connectivity index (χ1n) is 12.2. The molecule has 2 fully saturated rings. The SMILES string of the molecule is COCc1nnc(SCCCN2CCN(c3cc(C4CCC4)nc(C(C)(C)C)n3)CC2)n1C. The molecule has 0 amide bonds. The molecule has 0 bridgehead atoms. The van der Waals surface area contributed by atoms with E-state index in [4.69, 9.17) is 14.7 Å². The average molecular weight is 474 g/mol. The van der Waals surface area contributed by atoms with Gasteiger partial charge in [-0.3, -0.25) is 4.90 Å². The first-order valence-corrected chi connectivity index (χ1v) is 13.2. The predicted octanol–water partition coefficient (Wildman–Crippen LogP) is 3.62. The molecule has 2 aromatic rings. The number of methoxy groups -OCH3 is 1. The van der Waals surface area contributed by atoms with E-state index in [0.29, 0.717) is 12.5 Å². The van der Waals surface area contributed by atoms with Gasteiger partial charge in [0.1, 0.15) is 18.2 Å². The lowest BCUT2D eigenvalue weighted by atomic mass is 9.82. The minimum atomic E-state index is -0.0267. The number of hydrogen-bond acceptors (Lipinski definition) is 8. The fraction of sp³-hybridized carbons (Fsp3) is 0.750. The van der Waals surface area contributed by atoms with Crippen molar-refractivity contribution in [3.05, 3.63) is 23.4 Å². The van der Waals surface area contributed by atoms with Crippen LogP contribution in [-0.2, 0) is 23.8 Å². The fourth-order valence-corrected chi connectivity index (χ4v) is 5.09. The molecular formula is C24H39N7OS. The molecule has 9 heteroatoms. The molecule has 1 saturated heterocycles. The molecule has 4 rings (SSSR count). The van der Waals surface area contributed by atoms with E-state index in [2.05, 4.69) is 46.8 Å². The molecule has 8 nitrogen and oxygen atoms in total. The van der Waals surface area contributed by atoms with Crippen LogP contribution in [0.4, 0.5) is 5.82 Å². The van der Waals surface area contributed by atoms with Gasteiger partial charge in [-0.1, -0.05) is 39.0 Å². The van der Waals surface area contributed by atoms with Crippen molar-refractivity contribution in [3.63, 3.8) is 0 Å². The highest BCUT2D eigenvalue weighted by molar-refractivity contribution is 7.99. The number of rotatable bonds is 9. The summed E-state index contributed by atoms with van der Waals surface area (Å²) < 4.78 is 7.19. The zero-order valence-electron chi connectivity index (χ0n) is 20.9. The van der Waals surface area contributed by atoms with Crippen LogP contribution in [0.25, 0.3) is 0 Å². The summed E-state index contributed by atoms with van der Waals surface area (Å²) in [5.74, 6) is 4.66. The normalized spacial score (nSPS) is 18.0. The van der Waals surface area contributed by atoms with Gasteiger partial charge in [-0.15, -0.1) is 10.2 Å². The maximum atomic E-state index is 5.17. The fourth-order valence-electron chi connectivity index (χ4n) is 4.24. The Bertz CT molecular complexity index is 914. The molecule has 0 unspecified atom stereocenters. The number of anilines is 1. The maximum Gasteiger partial charge on any atom is 0.191 e. The molecule has 3 heterocycles. The summed E-state index contributed by atoms with van der Waals surface area (Å²) in [6, 6.07) is 2.27. The number of thioether (sulfide) groups is 1. The van der Waals surface area contributed by atoms with Crippen LogP contribution in [-0.4, -0.2) is 75.2 Å². The Labute approximate surface area is 202 Å². The van der Waals surface area contributed by atoms with Gasteiger partial charge in [-0.05, 0) is 25.8 Å². The Morgan fingerprint density at radius 1 is 1.09 bits per heavy atom. The van der Waals surface area contributed by atoms with Gasteiger partial charge in [0, 0.05) is 69.2 Å². The first-order chi connectivity index (χ1) is 15.8. The Morgan fingerprint density at radius 3 is 2.48 bits per heavy atom. The van der Waals surface area contributed by atoms with Gasteiger partial charge in [0.2, 0.25) is 0 Å². The molecule has 0 spiro atoms. The Balaban J connectivity index is 1.26. The molecule has 2 aliphatic rings. The monoisotopic (exact) mass is 473 g/mol. The van der Waals surface area contributed by atoms with Crippen LogP contribution in [0.2, 0.25) is 0 Å². The Morgan fingerprint density at radius 2 is 1.85 bits per heavy atom. The van der Waals surface area contributed by atoms with Crippen LogP contribution in [0.3, 0.4) is 0 Å². The van der Waals surface area contributed by atoms with Crippen molar-refractivity contribution in [1.82, 2.24) is 29.6 Å². The molecule has 1 saturated carbocycles. The van der Waals surface area contributed by atoms with Crippen LogP contribution >= 0.6 is 11.8 Å². The lowest BCUT2D eigenvalue weighted by Crippen LogP contribution is -2.47. The van der Waals surface area contributed by atoms with Crippen molar-refractivity contribution in [2.45, 2.75) is 69.6 Å². The molecule has 2 aromatic heterocycles. The third-order valence-electron chi connectivity index (χ3n) is 6.67. The third kappa shape index (κ3) is 6.05. The number of nitrogens with zero attached hydrogens (tertiary/aromatic N) is 7. The second-order valence-corrected chi connectivity index (χ2v) is 11.3. The summed E-state index contributed by atoms with van der Waals surface area (Å²) in [4.78, 5) is 15.0. The maximum absolute atomic E-state index is 5.17. The molecule has 1 aliphatic carbocycles. The van der Waals surface area contributed by atoms with Crippen molar-refractivity contribution >= 4 is 17.6 Å². The number of piperazine rings is 1. The Hall–Kier alpha value is -1.71. The highest BCUT2D eigenvalue weighted by Gasteiger charge is 2.27. The second-order valence-electron chi connectivity index (χ2n) is 10.3. The van der Waals surface area contributed by atoms with E-state index >= 15 is 0 Å². The van der Waals surface area contributed by atoms with E-state index in [1.807, 2.05) is 11.6 Å². The van der Waals surface area contributed by atoms with Crippen LogP contribution in [0.5, 0.6) is 0 Å². The zero-order valence-corrected chi connectivity index (χ0v) is 21.7. The summed E-state index contributed by atoms with van der Waals surface area (Å²) >= 11 is 1.78. The van der Waals surface area contributed by atoms with E-state index in [-0.39, 0.29) is 5.41 Å². The standard InChI is InChI=1S/C24H39N7OS/c1-24(2,3)22-25-19(18-8-6-9-18)16-20(26-22)31-13-11-30(12-14-31)10-7-15-33-23-28-27-21(17-32-5)29(23)4/h16,18H,6-15,17H2,1-5H3. The lowest BCUT2D eigenvalue weighted by molar-refractivity contribution is 0.174. The van der Waals surface area contributed by atoms with E-state index in [1.54, 1.807) is 18.9 Å². The summed E-state index contributed by atoms with van der Waals surface area (Å²) in [5, 5.41) is 9.44. The van der Waals surface area contributed by atoms with Crippen molar-refractivity contribution in [1.29, 1.82) is 0 Å². The molecule has 0 radical (unpaired) electrons. The van der Waals surface area contributed by atoms with E-state index in [1.165, 1.54) is 25.0 Å². The topological polar surface area (TPSA) is 72.2 Å².